The number of nitrogens with one attached hydrogen (secondary N) is 1. The van der Waals surface area contributed by atoms with Gasteiger partial charge in [-0.05, 0) is 24.3 Å². The van der Waals surface area contributed by atoms with E-state index in [9.17, 15) is 9.18 Å². The number of rotatable bonds is 7. The summed E-state index contributed by atoms with van der Waals surface area (Å²) in [5, 5.41) is 5.42. The number of amides is 1. The molecular weight excluding hydrogens is 347 g/mol. The third-order valence-electron chi connectivity index (χ3n) is 3.16. The van der Waals surface area contributed by atoms with Crippen LogP contribution in [0.1, 0.15) is 12.1 Å². The van der Waals surface area contributed by atoms with Crippen molar-refractivity contribution >= 4 is 34.7 Å². The average molecular weight is 362 g/mol. The van der Waals surface area contributed by atoms with E-state index in [0.717, 1.165) is 22.2 Å². The van der Waals surface area contributed by atoms with Gasteiger partial charge in [0.2, 0.25) is 5.91 Å². The van der Waals surface area contributed by atoms with Crippen LogP contribution in [0.3, 0.4) is 0 Å². The summed E-state index contributed by atoms with van der Waals surface area (Å²) >= 11 is 3.15. The molecule has 7 heteroatoms. The lowest BCUT2D eigenvalue weighted by Crippen LogP contribution is -2.13. The van der Waals surface area contributed by atoms with Crippen LogP contribution >= 0.6 is 23.1 Å². The zero-order valence-electron chi connectivity index (χ0n) is 12.7. The van der Waals surface area contributed by atoms with Gasteiger partial charge in [-0.1, -0.05) is 12.1 Å². The normalized spacial score (nSPS) is 10.7. The quantitative estimate of drug-likeness (QED) is 0.613. The zero-order valence-corrected chi connectivity index (χ0v) is 14.3. The Hall–Kier alpha value is -2.12. The number of furan rings is 1. The summed E-state index contributed by atoms with van der Waals surface area (Å²) in [4.78, 5) is 16.3. The molecule has 1 amide bonds. The second kappa shape index (κ2) is 8.12. The number of hydrogen-bond donors (Lipinski definition) is 1. The molecule has 0 spiro atoms. The second-order valence-electron chi connectivity index (χ2n) is 4.95. The van der Waals surface area contributed by atoms with E-state index in [4.69, 9.17) is 4.42 Å². The van der Waals surface area contributed by atoms with Gasteiger partial charge in [-0.3, -0.25) is 4.79 Å². The number of para-hydroxylation sites is 1. The minimum atomic E-state index is -0.425. The van der Waals surface area contributed by atoms with Gasteiger partial charge in [-0.25, -0.2) is 9.37 Å². The van der Waals surface area contributed by atoms with Gasteiger partial charge in [0.05, 0.1) is 17.6 Å². The summed E-state index contributed by atoms with van der Waals surface area (Å²) in [6.45, 7) is 0. The maximum Gasteiger partial charge on any atom is 0.225 e. The van der Waals surface area contributed by atoms with Crippen molar-refractivity contribution in [1.82, 2.24) is 4.98 Å². The number of aromatic nitrogens is 1. The minimum Gasteiger partial charge on any atom is -0.462 e. The van der Waals surface area contributed by atoms with Gasteiger partial charge in [0.25, 0.3) is 0 Å². The molecule has 24 heavy (non-hydrogen) atoms. The smallest absolute Gasteiger partial charge is 0.225 e. The third kappa shape index (κ3) is 4.46. The predicted octanol–water partition coefficient (Wildman–Crippen LogP) is 4.80. The molecule has 0 aliphatic carbocycles. The van der Waals surface area contributed by atoms with Crippen LogP contribution in [0.4, 0.5) is 10.1 Å². The highest BCUT2D eigenvalue weighted by molar-refractivity contribution is 7.98. The van der Waals surface area contributed by atoms with Gasteiger partial charge < -0.3 is 9.73 Å². The van der Waals surface area contributed by atoms with E-state index in [1.54, 1.807) is 36.2 Å². The summed E-state index contributed by atoms with van der Waals surface area (Å²) in [5.74, 6) is 1.52. The predicted molar refractivity (Wildman–Crippen MR) is 95.6 cm³/mol. The SMILES string of the molecule is O=C(CCSCc1csc(-c2ccco2)n1)Nc1ccccc1F. The van der Waals surface area contributed by atoms with Gasteiger partial charge in [-0.2, -0.15) is 11.8 Å². The molecule has 3 rings (SSSR count). The Kier molecular flexibility index (Phi) is 5.66. The zero-order chi connectivity index (χ0) is 16.8. The maximum atomic E-state index is 13.4. The summed E-state index contributed by atoms with van der Waals surface area (Å²) < 4.78 is 18.8. The molecule has 2 heterocycles. The molecule has 0 saturated carbocycles. The minimum absolute atomic E-state index is 0.192. The Morgan fingerprint density at radius 1 is 1.29 bits per heavy atom. The lowest BCUT2D eigenvalue weighted by atomic mass is 10.3. The Bertz CT molecular complexity index is 803. The van der Waals surface area contributed by atoms with Crippen molar-refractivity contribution in [2.75, 3.05) is 11.1 Å². The molecule has 0 fully saturated rings. The number of benzene rings is 1. The standard InChI is InChI=1S/C17H15FN2O2S2/c18-13-4-1-2-5-14(13)20-16(21)7-9-23-10-12-11-24-17(19-12)15-6-3-8-22-15/h1-6,8,11H,7,9-10H2,(H,20,21). The van der Waals surface area contributed by atoms with Gasteiger partial charge in [-0.15, -0.1) is 11.3 Å². The van der Waals surface area contributed by atoms with Crippen LogP contribution < -0.4 is 5.32 Å². The van der Waals surface area contributed by atoms with Crippen molar-refractivity contribution in [3.05, 3.63) is 59.6 Å². The molecule has 2 aromatic heterocycles. The number of carbonyl (C=O) groups excluding carboxylic acids is 1. The lowest BCUT2D eigenvalue weighted by Gasteiger charge is -2.05. The Labute approximate surface area is 147 Å². The average Bonchev–Trinajstić information content (AvgIpc) is 3.25. The third-order valence-corrected chi connectivity index (χ3v) is 5.05. The van der Waals surface area contributed by atoms with E-state index >= 15 is 0 Å². The van der Waals surface area contributed by atoms with Crippen LogP contribution in [0.5, 0.6) is 0 Å². The highest BCUT2D eigenvalue weighted by Crippen LogP contribution is 2.25. The highest BCUT2D eigenvalue weighted by Gasteiger charge is 2.08. The molecule has 0 radical (unpaired) electrons. The fourth-order valence-electron chi connectivity index (χ4n) is 2.00. The Balaban J connectivity index is 1.41. The van der Waals surface area contributed by atoms with Gasteiger partial charge in [0.1, 0.15) is 5.82 Å². The molecular formula is C17H15FN2O2S2. The fourth-order valence-corrected chi connectivity index (χ4v) is 3.73. The van der Waals surface area contributed by atoms with Crippen LogP contribution in [0.15, 0.2) is 52.5 Å². The first kappa shape index (κ1) is 16.7. The number of hydrogen-bond acceptors (Lipinski definition) is 5. The maximum absolute atomic E-state index is 13.4. The first-order chi connectivity index (χ1) is 11.7. The van der Waals surface area contributed by atoms with E-state index in [-0.39, 0.29) is 11.6 Å². The lowest BCUT2D eigenvalue weighted by molar-refractivity contribution is -0.115. The fraction of sp³-hybridized carbons (Fsp3) is 0.176. The van der Waals surface area contributed by atoms with Crippen molar-refractivity contribution < 1.29 is 13.6 Å². The van der Waals surface area contributed by atoms with E-state index < -0.39 is 5.82 Å². The molecule has 0 saturated heterocycles. The Morgan fingerprint density at radius 2 is 2.17 bits per heavy atom. The summed E-state index contributed by atoms with van der Waals surface area (Å²) in [6, 6.07) is 9.86. The summed E-state index contributed by atoms with van der Waals surface area (Å²) in [5.41, 5.74) is 1.18. The largest absolute Gasteiger partial charge is 0.462 e. The number of thiazole rings is 1. The molecule has 0 atom stereocenters. The summed E-state index contributed by atoms with van der Waals surface area (Å²) in [6.07, 6.45) is 1.95. The molecule has 0 aliphatic rings. The molecule has 3 aromatic rings. The molecule has 0 bridgehead atoms. The Morgan fingerprint density at radius 3 is 2.96 bits per heavy atom. The van der Waals surface area contributed by atoms with Crippen LogP contribution in [0, 0.1) is 5.82 Å². The monoisotopic (exact) mass is 362 g/mol. The number of thioether (sulfide) groups is 1. The molecule has 1 N–H and O–H groups in total. The van der Waals surface area contributed by atoms with Gasteiger partial charge in [0.15, 0.2) is 10.8 Å². The number of halogens is 1. The summed E-state index contributed by atoms with van der Waals surface area (Å²) in [7, 11) is 0. The first-order valence-corrected chi connectivity index (χ1v) is 9.36. The van der Waals surface area contributed by atoms with Crippen LogP contribution in [-0.4, -0.2) is 16.6 Å². The molecule has 0 aliphatic heterocycles. The molecule has 4 nitrogen and oxygen atoms in total. The number of nitrogens with zero attached hydrogens (tertiary/aromatic N) is 1. The van der Waals surface area contributed by atoms with Crippen molar-refractivity contribution in [3.8, 4) is 10.8 Å². The van der Waals surface area contributed by atoms with Crippen molar-refractivity contribution in [3.63, 3.8) is 0 Å². The molecule has 1 aromatic carbocycles. The van der Waals surface area contributed by atoms with Crippen molar-refractivity contribution in [2.24, 2.45) is 0 Å². The van der Waals surface area contributed by atoms with Crippen molar-refractivity contribution in [1.29, 1.82) is 0 Å². The molecule has 0 unspecified atom stereocenters. The van der Waals surface area contributed by atoms with Gasteiger partial charge in [0, 0.05) is 23.3 Å². The number of carbonyl (C=O) groups is 1. The van der Waals surface area contributed by atoms with Gasteiger partial charge >= 0.3 is 0 Å². The molecule has 124 valence electrons. The second-order valence-corrected chi connectivity index (χ2v) is 6.92. The van der Waals surface area contributed by atoms with Crippen LogP contribution in [0.25, 0.3) is 10.8 Å². The topological polar surface area (TPSA) is 55.1 Å². The van der Waals surface area contributed by atoms with E-state index in [1.165, 1.54) is 17.4 Å². The van der Waals surface area contributed by atoms with E-state index in [1.807, 2.05) is 17.5 Å². The van der Waals surface area contributed by atoms with E-state index in [2.05, 4.69) is 10.3 Å². The van der Waals surface area contributed by atoms with Crippen molar-refractivity contribution in [2.45, 2.75) is 12.2 Å². The first-order valence-electron chi connectivity index (χ1n) is 7.33. The van der Waals surface area contributed by atoms with Crippen LogP contribution in [0.2, 0.25) is 0 Å². The van der Waals surface area contributed by atoms with Crippen LogP contribution in [-0.2, 0) is 10.5 Å². The van der Waals surface area contributed by atoms with E-state index in [0.29, 0.717) is 12.2 Å². The highest BCUT2D eigenvalue weighted by atomic mass is 32.2. The number of anilines is 1.